The lowest BCUT2D eigenvalue weighted by Gasteiger charge is -2.35. The number of rotatable bonds is 10. The van der Waals surface area contributed by atoms with Crippen LogP contribution in [0.5, 0.6) is 0 Å². The average Bonchev–Trinajstić information content (AvgIpc) is 3.19. The Morgan fingerprint density at radius 3 is 2.32 bits per heavy atom. The molecule has 1 aromatic carbocycles. The van der Waals surface area contributed by atoms with Crippen molar-refractivity contribution in [1.82, 2.24) is 0 Å². The van der Waals surface area contributed by atoms with Gasteiger partial charge >= 0.3 is 0 Å². The van der Waals surface area contributed by atoms with Crippen molar-refractivity contribution in [1.29, 1.82) is 5.26 Å². The van der Waals surface area contributed by atoms with Gasteiger partial charge in [0.1, 0.15) is 22.6 Å². The number of halogens is 1. The van der Waals surface area contributed by atoms with Gasteiger partial charge in [-0.15, -0.1) is 15.8 Å². The average molecular weight is 490 g/mol. The van der Waals surface area contributed by atoms with Crippen LogP contribution < -0.4 is 9.36 Å². The summed E-state index contributed by atoms with van der Waals surface area (Å²) in [6.45, 7) is 10.2. The van der Waals surface area contributed by atoms with E-state index in [0.29, 0.717) is 13.2 Å². The van der Waals surface area contributed by atoms with Gasteiger partial charge in [0, 0.05) is 12.7 Å². The largest absolute Gasteiger partial charge is 0.777 e. The second-order valence-electron chi connectivity index (χ2n) is 7.03. The monoisotopic (exact) mass is 489 g/mol. The van der Waals surface area contributed by atoms with Gasteiger partial charge in [0.2, 0.25) is 0 Å². The van der Waals surface area contributed by atoms with Crippen molar-refractivity contribution in [2.24, 2.45) is 0 Å². The highest BCUT2D eigenvalue weighted by atomic mass is 32.2. The summed E-state index contributed by atoms with van der Waals surface area (Å²) in [6, 6.07) is 7.59. The van der Waals surface area contributed by atoms with Crippen molar-refractivity contribution < 1.29 is 31.4 Å². The molecule has 0 bridgehead atoms. The molecular weight excluding hydrogens is 464 g/mol. The minimum absolute atomic E-state index is 0.137. The van der Waals surface area contributed by atoms with E-state index in [0.717, 1.165) is 58.5 Å². The Balaban J connectivity index is 2.50. The molecule has 0 amide bonds. The number of hydrogen-bond donors (Lipinski definition) is 0. The lowest BCUT2D eigenvalue weighted by molar-refractivity contribution is -0.935. The van der Waals surface area contributed by atoms with Crippen LogP contribution in [0.4, 0.5) is 10.1 Å². The first-order chi connectivity index (χ1) is 14.4. The van der Waals surface area contributed by atoms with Gasteiger partial charge in [-0.05, 0) is 45.0 Å². The zero-order chi connectivity index (χ0) is 23.4. The fraction of sp³-hybridized carbons (Fsp3) is 0.421. The van der Waals surface area contributed by atoms with E-state index in [2.05, 4.69) is 20.8 Å². The van der Waals surface area contributed by atoms with Gasteiger partial charge in [-0.3, -0.25) is 0 Å². The smallest absolute Gasteiger partial charge is 0.296 e. The van der Waals surface area contributed by atoms with Crippen LogP contribution in [0.25, 0.3) is 0 Å². The minimum atomic E-state index is -4.57. The second kappa shape index (κ2) is 9.77. The Hall–Kier alpha value is -1.80. The molecule has 0 radical (unpaired) electrons. The fourth-order valence-corrected chi connectivity index (χ4v) is 6.76. The molecule has 0 aliphatic carbocycles. The molecule has 0 N–H and O–H groups in total. The molecule has 31 heavy (non-hydrogen) atoms. The van der Waals surface area contributed by atoms with E-state index >= 15 is 0 Å². The number of hydrogen-bond acceptors (Lipinski definition) is 7. The Morgan fingerprint density at radius 1 is 1.23 bits per heavy atom. The maximum atomic E-state index is 14.1. The molecule has 1 aromatic heterocycles. The first-order valence-corrected chi connectivity index (χ1v) is 13.8. The van der Waals surface area contributed by atoms with Crippen LogP contribution in [0.2, 0.25) is 0 Å². The maximum absolute atomic E-state index is 14.1. The van der Waals surface area contributed by atoms with Gasteiger partial charge < -0.3 is 13.9 Å². The molecular formula is C19H25FN3O5PS2. The molecule has 1 atom stereocenters. The minimum Gasteiger partial charge on any atom is -0.777 e. The number of anilines is 1. The van der Waals surface area contributed by atoms with E-state index in [1.165, 1.54) is 6.07 Å². The summed E-state index contributed by atoms with van der Waals surface area (Å²) in [6.07, 6.45) is 0. The predicted molar refractivity (Wildman–Crippen MR) is 115 cm³/mol. The summed E-state index contributed by atoms with van der Waals surface area (Å²) in [4.78, 5) is 12.6. The molecule has 8 nitrogen and oxygen atoms in total. The van der Waals surface area contributed by atoms with E-state index in [-0.39, 0.29) is 19.9 Å². The molecule has 170 valence electrons. The van der Waals surface area contributed by atoms with Crippen molar-refractivity contribution in [3.05, 3.63) is 46.6 Å². The normalized spacial score (nSPS) is 14.1. The van der Waals surface area contributed by atoms with Crippen LogP contribution in [-0.2, 0) is 25.8 Å². The number of quaternary nitrogens is 1. The zero-order valence-corrected chi connectivity index (χ0v) is 20.3. The second-order valence-corrected chi connectivity index (χ2v) is 11.9. The molecule has 0 aliphatic rings. The first kappa shape index (κ1) is 25.5. The fourth-order valence-electron chi connectivity index (χ4n) is 3.07. The van der Waals surface area contributed by atoms with Gasteiger partial charge in [-0.1, -0.05) is 0 Å². The van der Waals surface area contributed by atoms with Crippen LogP contribution in [0, 0.1) is 17.1 Å². The van der Waals surface area contributed by atoms with Crippen LogP contribution in [0.3, 0.4) is 0 Å². The van der Waals surface area contributed by atoms with Crippen LogP contribution in [0.15, 0.2) is 34.5 Å². The van der Waals surface area contributed by atoms with Crippen molar-refractivity contribution in [2.45, 2.75) is 31.5 Å². The van der Waals surface area contributed by atoms with E-state index < -0.39 is 23.4 Å². The molecule has 1 unspecified atom stereocenters. The number of thiophene rings is 1. The SMILES string of the molecule is CC[N+](CC)(CC)Cc1ccc(S(=O)(=O)N(OP(C)(=O)[O-])c2ccc(C#N)c(F)c2)s1. The number of nitriles is 1. The summed E-state index contributed by atoms with van der Waals surface area (Å²) in [7, 11) is -9.05. The lowest BCUT2D eigenvalue weighted by Crippen LogP contribution is -2.46. The summed E-state index contributed by atoms with van der Waals surface area (Å²) >= 11 is 1.01. The summed E-state index contributed by atoms with van der Waals surface area (Å²) in [5.74, 6) is -0.997. The number of nitrogens with zero attached hydrogens (tertiary/aromatic N) is 3. The van der Waals surface area contributed by atoms with Crippen molar-refractivity contribution >= 4 is 34.6 Å². The number of benzene rings is 1. The highest BCUT2D eigenvalue weighted by Gasteiger charge is 2.32. The summed E-state index contributed by atoms with van der Waals surface area (Å²) < 4.78 is 57.9. The molecule has 0 aliphatic heterocycles. The molecule has 12 heteroatoms. The van der Waals surface area contributed by atoms with Gasteiger partial charge in [0.05, 0.1) is 35.8 Å². The van der Waals surface area contributed by atoms with E-state index in [1.807, 2.05) is 0 Å². The Morgan fingerprint density at radius 2 is 1.84 bits per heavy atom. The standard InChI is InChI=1S/C19H25FN3O5PS2/c1-5-23(6-2,7-3)14-17-10-11-19(30-17)31(26,27)22(28-29(4,24)25)16-9-8-15(13-21)18(20)12-16/h8-12H,5-7,14H2,1-4H3. The molecule has 1 heterocycles. The van der Waals surface area contributed by atoms with Gasteiger partial charge in [-0.2, -0.15) is 13.7 Å². The van der Waals surface area contributed by atoms with Gasteiger partial charge in [0.25, 0.3) is 10.0 Å². The topological polar surface area (TPSA) is 111 Å². The molecule has 0 saturated carbocycles. The maximum Gasteiger partial charge on any atom is 0.296 e. The van der Waals surface area contributed by atoms with Crippen molar-refractivity contribution in [3.8, 4) is 6.07 Å². The predicted octanol–water partition coefficient (Wildman–Crippen LogP) is 3.45. The van der Waals surface area contributed by atoms with Gasteiger partial charge in [0.15, 0.2) is 7.60 Å². The van der Waals surface area contributed by atoms with Crippen LogP contribution in [0.1, 0.15) is 31.2 Å². The zero-order valence-electron chi connectivity index (χ0n) is 17.7. The van der Waals surface area contributed by atoms with E-state index in [4.69, 9.17) is 9.89 Å². The molecule has 2 rings (SSSR count). The third kappa shape index (κ3) is 5.92. The van der Waals surface area contributed by atoms with Crippen molar-refractivity contribution in [2.75, 3.05) is 30.8 Å². The highest BCUT2D eigenvalue weighted by molar-refractivity contribution is 7.94. The first-order valence-electron chi connectivity index (χ1n) is 9.58. The summed E-state index contributed by atoms with van der Waals surface area (Å²) in [5, 5.41) is 8.88. The highest BCUT2D eigenvalue weighted by Crippen LogP contribution is 2.39. The van der Waals surface area contributed by atoms with E-state index in [9.17, 15) is 22.3 Å². The third-order valence-electron chi connectivity index (χ3n) is 5.12. The quantitative estimate of drug-likeness (QED) is 0.287. The molecule has 2 aromatic rings. The van der Waals surface area contributed by atoms with Crippen LogP contribution in [-0.4, -0.2) is 39.2 Å². The van der Waals surface area contributed by atoms with Crippen LogP contribution >= 0.6 is 18.9 Å². The van der Waals surface area contributed by atoms with Gasteiger partial charge in [-0.25, -0.2) is 9.01 Å². The van der Waals surface area contributed by atoms with Crippen molar-refractivity contribution in [3.63, 3.8) is 0 Å². The Labute approximate surface area is 186 Å². The summed E-state index contributed by atoms with van der Waals surface area (Å²) in [5.41, 5.74) is -0.681. The molecule has 0 saturated heterocycles. The molecule has 0 spiro atoms. The number of sulfonamides is 1. The third-order valence-corrected chi connectivity index (χ3v) is 8.80. The lowest BCUT2D eigenvalue weighted by atomic mass is 10.2. The molecule has 0 fully saturated rings. The van der Waals surface area contributed by atoms with E-state index in [1.54, 1.807) is 12.1 Å². The Kier molecular flexibility index (Phi) is 8.03. The Bertz CT molecular complexity index is 1110.